The van der Waals surface area contributed by atoms with Crippen LogP contribution in [0.5, 0.6) is 5.75 Å². The Bertz CT molecular complexity index is 1180. The van der Waals surface area contributed by atoms with E-state index < -0.39 is 5.97 Å². The first-order valence-corrected chi connectivity index (χ1v) is 11.3. The topological polar surface area (TPSA) is 118 Å². The number of phenols is 1. The average molecular weight is 464 g/mol. The molecule has 2 aromatic carbocycles. The Morgan fingerprint density at radius 3 is 2.56 bits per heavy atom. The van der Waals surface area contributed by atoms with E-state index in [2.05, 4.69) is 15.6 Å². The molecule has 0 aliphatic carbocycles. The molecule has 34 heavy (non-hydrogen) atoms. The van der Waals surface area contributed by atoms with E-state index in [0.717, 1.165) is 29.5 Å². The average Bonchev–Trinajstić information content (AvgIpc) is 3.08. The summed E-state index contributed by atoms with van der Waals surface area (Å²) in [6, 6.07) is 11.1. The third-order valence-electron chi connectivity index (χ3n) is 6.46. The lowest BCUT2D eigenvalue weighted by Crippen LogP contribution is -2.36. The van der Waals surface area contributed by atoms with Crippen molar-refractivity contribution in [1.29, 1.82) is 0 Å². The number of aryl methyl sites for hydroxylation is 2. The number of carboxylic acid groups (broad SMARTS) is 1. The second-order valence-electron chi connectivity index (χ2n) is 8.83. The van der Waals surface area contributed by atoms with Gasteiger partial charge in [0.15, 0.2) is 5.71 Å². The van der Waals surface area contributed by atoms with Crippen LogP contribution in [0.3, 0.4) is 0 Å². The van der Waals surface area contributed by atoms with Gasteiger partial charge in [-0.05, 0) is 87.5 Å². The maximum atomic E-state index is 13.0. The zero-order valence-electron chi connectivity index (χ0n) is 19.6. The monoisotopic (exact) mass is 463 g/mol. The first-order chi connectivity index (χ1) is 16.2. The zero-order valence-corrected chi connectivity index (χ0v) is 19.6. The lowest BCUT2D eigenvalue weighted by Gasteiger charge is -2.31. The summed E-state index contributed by atoms with van der Waals surface area (Å²) < 4.78 is 0. The number of phenolic OH excluding ortho intramolecular Hbond substituents is 1. The molecule has 2 aliphatic heterocycles. The molecule has 0 radical (unpaired) electrons. The smallest absolute Gasteiger partial charge is 0.317 e. The van der Waals surface area contributed by atoms with Gasteiger partial charge in [-0.1, -0.05) is 18.2 Å². The number of aliphatic carboxylic acids is 1. The van der Waals surface area contributed by atoms with Crippen LogP contribution in [0, 0.1) is 13.8 Å². The summed E-state index contributed by atoms with van der Waals surface area (Å²) in [5.74, 6) is -0.955. The fourth-order valence-corrected chi connectivity index (χ4v) is 4.35. The summed E-state index contributed by atoms with van der Waals surface area (Å²) in [4.78, 5) is 25.8. The highest BCUT2D eigenvalue weighted by atomic mass is 16.4. The summed E-state index contributed by atoms with van der Waals surface area (Å²) in [6.07, 6.45) is 1.52. The lowest BCUT2D eigenvalue weighted by molar-refractivity contribution is -0.138. The zero-order chi connectivity index (χ0) is 24.4. The number of piperidine rings is 1. The van der Waals surface area contributed by atoms with Crippen molar-refractivity contribution in [3.8, 4) is 5.75 Å². The van der Waals surface area contributed by atoms with Gasteiger partial charge in [0.05, 0.1) is 23.6 Å². The third kappa shape index (κ3) is 4.79. The SMILES string of the molecule is CC1=NN(c2ccc(C)c(C)c2)C(=O)C1=NNc1cccc(C2CCN(CC(=O)O)CC2)c1O. The van der Waals surface area contributed by atoms with Gasteiger partial charge in [0.1, 0.15) is 5.75 Å². The van der Waals surface area contributed by atoms with Crippen LogP contribution in [0.15, 0.2) is 46.6 Å². The number of benzene rings is 2. The van der Waals surface area contributed by atoms with Crippen LogP contribution in [0.4, 0.5) is 11.4 Å². The molecule has 2 aromatic rings. The number of likely N-dealkylation sites (tertiary alicyclic amines) is 1. The van der Waals surface area contributed by atoms with Gasteiger partial charge in [-0.2, -0.15) is 15.2 Å². The number of aromatic hydroxyl groups is 1. The van der Waals surface area contributed by atoms with E-state index in [1.165, 1.54) is 5.01 Å². The second kappa shape index (κ2) is 9.64. The van der Waals surface area contributed by atoms with Crippen molar-refractivity contribution >= 4 is 34.7 Å². The Labute approximate surface area is 198 Å². The number of carboxylic acids is 1. The van der Waals surface area contributed by atoms with Crippen LogP contribution >= 0.6 is 0 Å². The summed E-state index contributed by atoms with van der Waals surface area (Å²) in [5, 5.41) is 29.8. The Balaban J connectivity index is 1.48. The van der Waals surface area contributed by atoms with Gasteiger partial charge in [-0.3, -0.25) is 19.9 Å². The largest absolute Gasteiger partial charge is 0.505 e. The highest BCUT2D eigenvalue weighted by Gasteiger charge is 2.31. The first-order valence-electron chi connectivity index (χ1n) is 11.3. The molecule has 1 amide bonds. The molecule has 1 saturated heterocycles. The number of nitrogens with one attached hydrogen (secondary N) is 1. The number of amides is 1. The molecule has 0 atom stereocenters. The van der Waals surface area contributed by atoms with Crippen LogP contribution in [-0.2, 0) is 9.59 Å². The highest BCUT2D eigenvalue weighted by molar-refractivity contribution is 6.71. The maximum Gasteiger partial charge on any atom is 0.317 e. The number of rotatable bonds is 6. The molecule has 2 heterocycles. The summed E-state index contributed by atoms with van der Waals surface area (Å²) in [5.41, 5.74) is 7.59. The van der Waals surface area contributed by atoms with Crippen LogP contribution in [-0.4, -0.2) is 58.0 Å². The summed E-state index contributed by atoms with van der Waals surface area (Å²) in [6.45, 7) is 7.07. The van der Waals surface area contributed by atoms with Gasteiger partial charge >= 0.3 is 11.9 Å². The quantitative estimate of drug-likeness (QED) is 0.446. The normalized spacial score (nSPS) is 18.4. The van der Waals surface area contributed by atoms with E-state index in [1.807, 2.05) is 49.1 Å². The minimum atomic E-state index is -0.831. The predicted octanol–water partition coefficient (Wildman–Crippen LogP) is 3.46. The highest BCUT2D eigenvalue weighted by Crippen LogP contribution is 2.38. The molecular weight excluding hydrogens is 434 g/mol. The number of carbonyl (C=O) groups is 2. The molecule has 9 heteroatoms. The van der Waals surface area contributed by atoms with Gasteiger partial charge in [0, 0.05) is 0 Å². The molecule has 0 spiro atoms. The standard InChI is InChI=1S/C25H29N5O4/c1-15-7-8-19(13-16(15)2)30-25(34)23(17(3)28-30)27-26-21-6-4-5-20(24(21)33)18-9-11-29(12-10-18)14-22(31)32/h4-8,13,18,26,33H,9-12,14H2,1-3H3,(H,31,32). The minimum absolute atomic E-state index is 0.0336. The number of anilines is 2. The molecule has 0 aromatic heterocycles. The summed E-state index contributed by atoms with van der Waals surface area (Å²) in [7, 11) is 0. The maximum absolute atomic E-state index is 13.0. The van der Waals surface area contributed by atoms with Crippen LogP contribution in [0.25, 0.3) is 0 Å². The molecule has 9 nitrogen and oxygen atoms in total. The predicted molar refractivity (Wildman–Crippen MR) is 132 cm³/mol. The third-order valence-corrected chi connectivity index (χ3v) is 6.46. The fraction of sp³-hybridized carbons (Fsp3) is 0.360. The van der Waals surface area contributed by atoms with Crippen LogP contribution in [0.1, 0.15) is 42.4 Å². The lowest BCUT2D eigenvalue weighted by atomic mass is 9.88. The number of nitrogens with zero attached hydrogens (tertiary/aromatic N) is 4. The van der Waals surface area contributed by atoms with E-state index in [1.54, 1.807) is 13.0 Å². The first kappa shape index (κ1) is 23.4. The van der Waals surface area contributed by atoms with Gasteiger partial charge in [0.2, 0.25) is 0 Å². The van der Waals surface area contributed by atoms with Gasteiger partial charge in [-0.15, -0.1) is 0 Å². The van der Waals surface area contributed by atoms with Crippen molar-refractivity contribution in [3.05, 3.63) is 53.1 Å². The van der Waals surface area contributed by atoms with Crippen molar-refractivity contribution in [2.45, 2.75) is 39.5 Å². The van der Waals surface area contributed by atoms with E-state index in [9.17, 15) is 14.7 Å². The molecule has 1 fully saturated rings. The van der Waals surface area contributed by atoms with E-state index in [4.69, 9.17) is 5.11 Å². The fourth-order valence-electron chi connectivity index (χ4n) is 4.35. The molecule has 0 unspecified atom stereocenters. The second-order valence-corrected chi connectivity index (χ2v) is 8.83. The Morgan fingerprint density at radius 1 is 1.15 bits per heavy atom. The van der Waals surface area contributed by atoms with Crippen molar-refractivity contribution in [3.63, 3.8) is 0 Å². The molecule has 2 aliphatic rings. The molecule has 178 valence electrons. The molecule has 3 N–H and O–H groups in total. The van der Waals surface area contributed by atoms with Gasteiger partial charge in [0.25, 0.3) is 0 Å². The van der Waals surface area contributed by atoms with Crippen LogP contribution < -0.4 is 10.4 Å². The Kier molecular flexibility index (Phi) is 6.65. The Morgan fingerprint density at radius 2 is 1.88 bits per heavy atom. The van der Waals surface area contributed by atoms with E-state index in [-0.39, 0.29) is 29.8 Å². The van der Waals surface area contributed by atoms with Gasteiger partial charge in [-0.25, -0.2) is 0 Å². The number of hydrogen-bond donors (Lipinski definition) is 3. The van der Waals surface area contributed by atoms with Crippen molar-refractivity contribution in [1.82, 2.24) is 4.90 Å². The minimum Gasteiger partial charge on any atom is -0.505 e. The van der Waals surface area contributed by atoms with Gasteiger partial charge < -0.3 is 10.2 Å². The summed E-state index contributed by atoms with van der Waals surface area (Å²) >= 11 is 0. The number of hydrogen-bond acceptors (Lipinski definition) is 7. The van der Waals surface area contributed by atoms with Crippen molar-refractivity contribution < 1.29 is 19.8 Å². The molecular formula is C25H29N5O4. The molecule has 4 rings (SSSR count). The number of para-hydroxylation sites is 1. The molecule has 0 bridgehead atoms. The van der Waals surface area contributed by atoms with Crippen molar-refractivity contribution in [2.24, 2.45) is 10.2 Å². The van der Waals surface area contributed by atoms with Crippen LogP contribution in [0.2, 0.25) is 0 Å². The van der Waals surface area contributed by atoms with E-state index >= 15 is 0 Å². The van der Waals surface area contributed by atoms with E-state index in [0.29, 0.717) is 30.2 Å². The van der Waals surface area contributed by atoms with Crippen molar-refractivity contribution in [2.75, 3.05) is 30.1 Å². The Hall–Kier alpha value is -3.72. The molecule has 0 saturated carbocycles. The number of carbonyl (C=O) groups excluding carboxylic acids is 1. The number of hydrazone groups is 2.